The van der Waals surface area contributed by atoms with Gasteiger partial charge in [-0.05, 0) is 52.3 Å². The van der Waals surface area contributed by atoms with Crippen LogP contribution >= 0.6 is 0 Å². The summed E-state index contributed by atoms with van der Waals surface area (Å²) in [6.45, 7) is 9.62. The highest BCUT2D eigenvalue weighted by atomic mass is 16.5. The lowest BCUT2D eigenvalue weighted by Gasteiger charge is -2.33. The number of hydrogen-bond donors (Lipinski definition) is 0. The molecule has 7 heteroatoms. The van der Waals surface area contributed by atoms with E-state index in [-0.39, 0.29) is 11.8 Å². The number of carbonyl (C=O) groups excluding carboxylic acids is 1. The first-order valence-electron chi connectivity index (χ1n) is 10.0. The summed E-state index contributed by atoms with van der Waals surface area (Å²) in [6, 6.07) is 3.73. The number of carbonyl (C=O) groups is 1. The Morgan fingerprint density at radius 3 is 2.75 bits per heavy atom. The summed E-state index contributed by atoms with van der Waals surface area (Å²) in [5.74, 6) is 1.60. The smallest absolute Gasteiger partial charge is 0.241 e. The molecule has 0 radical (unpaired) electrons. The van der Waals surface area contributed by atoms with Crippen LogP contribution in [0, 0.1) is 6.92 Å². The minimum Gasteiger partial charge on any atom is -0.435 e. The van der Waals surface area contributed by atoms with Crippen LogP contribution in [0.1, 0.15) is 44.0 Å². The van der Waals surface area contributed by atoms with Gasteiger partial charge in [-0.15, -0.1) is 0 Å². The predicted molar refractivity (Wildman–Crippen MR) is 107 cm³/mol. The molecule has 1 saturated heterocycles. The van der Waals surface area contributed by atoms with Gasteiger partial charge in [0, 0.05) is 44.1 Å². The van der Waals surface area contributed by atoms with Crippen LogP contribution in [-0.2, 0) is 4.79 Å². The molecule has 0 unspecified atom stereocenters. The third-order valence-corrected chi connectivity index (χ3v) is 5.22. The van der Waals surface area contributed by atoms with Crippen molar-refractivity contribution in [3.8, 4) is 11.6 Å². The number of piperidine rings is 1. The molecule has 1 aliphatic rings. The molecule has 3 rings (SSSR count). The van der Waals surface area contributed by atoms with Crippen molar-refractivity contribution in [2.75, 3.05) is 32.7 Å². The average molecular weight is 383 g/mol. The number of amides is 1. The number of aromatic nitrogens is 3. The molecular formula is C21H29N5O2. The predicted octanol–water partition coefficient (Wildman–Crippen LogP) is 3.02. The number of aryl methyl sites for hydroxylation is 1. The number of ether oxygens (including phenoxy) is 1. The third-order valence-electron chi connectivity index (χ3n) is 5.22. The highest BCUT2D eigenvalue weighted by Crippen LogP contribution is 2.33. The Morgan fingerprint density at radius 1 is 1.21 bits per heavy atom. The van der Waals surface area contributed by atoms with Crippen LogP contribution in [0.5, 0.6) is 11.6 Å². The highest BCUT2D eigenvalue weighted by molar-refractivity contribution is 5.78. The van der Waals surface area contributed by atoms with E-state index in [1.807, 2.05) is 37.8 Å². The van der Waals surface area contributed by atoms with E-state index < -0.39 is 0 Å². The number of rotatable bonds is 7. The Hall–Kier alpha value is -2.54. The van der Waals surface area contributed by atoms with Crippen LogP contribution in [0.2, 0.25) is 0 Å². The molecule has 2 aromatic rings. The van der Waals surface area contributed by atoms with Crippen LogP contribution in [0.3, 0.4) is 0 Å². The second-order valence-corrected chi connectivity index (χ2v) is 7.08. The standard InChI is InChI=1S/C21H29N5O2/c1-4-26(5-2)19(27)15-25-13-7-8-17(14-25)20-21(24-12-11-23-20)28-18-9-6-10-22-16(18)3/h6,9-12,17H,4-5,7-8,13-15H2,1-3H3/t17-/m1/s1. The van der Waals surface area contributed by atoms with Gasteiger partial charge in [0.2, 0.25) is 11.8 Å². The summed E-state index contributed by atoms with van der Waals surface area (Å²) >= 11 is 0. The quantitative estimate of drug-likeness (QED) is 0.732. The fourth-order valence-electron chi connectivity index (χ4n) is 3.67. The lowest BCUT2D eigenvalue weighted by Crippen LogP contribution is -2.43. The maximum absolute atomic E-state index is 12.5. The lowest BCUT2D eigenvalue weighted by molar-refractivity contribution is -0.132. The van der Waals surface area contributed by atoms with Gasteiger partial charge < -0.3 is 9.64 Å². The molecule has 0 aromatic carbocycles. The monoisotopic (exact) mass is 383 g/mol. The molecule has 7 nitrogen and oxygen atoms in total. The van der Waals surface area contributed by atoms with E-state index in [0.717, 1.165) is 50.4 Å². The largest absolute Gasteiger partial charge is 0.435 e. The first-order chi connectivity index (χ1) is 13.6. The Morgan fingerprint density at radius 2 is 2.00 bits per heavy atom. The summed E-state index contributed by atoms with van der Waals surface area (Å²) in [7, 11) is 0. The topological polar surface area (TPSA) is 71.5 Å². The Kier molecular flexibility index (Phi) is 6.92. The molecule has 0 N–H and O–H groups in total. The van der Waals surface area contributed by atoms with Gasteiger partial charge in [-0.2, -0.15) is 0 Å². The van der Waals surface area contributed by atoms with Crippen LogP contribution in [-0.4, -0.2) is 63.4 Å². The minimum atomic E-state index is 0.187. The zero-order chi connectivity index (χ0) is 19.9. The molecule has 1 amide bonds. The second-order valence-electron chi connectivity index (χ2n) is 7.08. The normalized spacial score (nSPS) is 17.3. The number of likely N-dealkylation sites (tertiary alicyclic amines) is 1. The summed E-state index contributed by atoms with van der Waals surface area (Å²) in [6.07, 6.45) is 7.13. The van der Waals surface area contributed by atoms with E-state index in [9.17, 15) is 4.79 Å². The first-order valence-corrected chi connectivity index (χ1v) is 10.0. The van der Waals surface area contributed by atoms with Crippen LogP contribution in [0.25, 0.3) is 0 Å². The van der Waals surface area contributed by atoms with E-state index in [2.05, 4.69) is 19.9 Å². The molecule has 3 heterocycles. The van der Waals surface area contributed by atoms with Crippen LogP contribution in [0.15, 0.2) is 30.7 Å². The summed E-state index contributed by atoms with van der Waals surface area (Å²) < 4.78 is 6.05. The van der Waals surface area contributed by atoms with Crippen molar-refractivity contribution in [3.05, 3.63) is 42.1 Å². The lowest BCUT2D eigenvalue weighted by atomic mass is 9.94. The molecule has 150 valence electrons. The SMILES string of the molecule is CCN(CC)C(=O)CN1CCC[C@@H](c2nccnc2Oc2cccnc2C)C1. The molecule has 0 bridgehead atoms. The van der Waals surface area contributed by atoms with Gasteiger partial charge in [0.25, 0.3) is 0 Å². The van der Waals surface area contributed by atoms with Crippen LogP contribution < -0.4 is 4.74 Å². The van der Waals surface area contributed by atoms with Crippen molar-refractivity contribution in [3.63, 3.8) is 0 Å². The fourth-order valence-corrected chi connectivity index (χ4v) is 3.67. The van der Waals surface area contributed by atoms with Crippen molar-refractivity contribution in [1.29, 1.82) is 0 Å². The molecule has 28 heavy (non-hydrogen) atoms. The second kappa shape index (κ2) is 9.59. The maximum Gasteiger partial charge on any atom is 0.241 e. The summed E-state index contributed by atoms with van der Waals surface area (Å²) in [5, 5.41) is 0. The Labute approximate surface area is 166 Å². The fraction of sp³-hybridized carbons (Fsp3) is 0.524. The van der Waals surface area contributed by atoms with Gasteiger partial charge >= 0.3 is 0 Å². The van der Waals surface area contributed by atoms with Gasteiger partial charge in [0.1, 0.15) is 5.69 Å². The molecule has 1 atom stereocenters. The van der Waals surface area contributed by atoms with Gasteiger partial charge in [-0.1, -0.05) is 0 Å². The number of pyridine rings is 1. The molecule has 0 saturated carbocycles. The van der Waals surface area contributed by atoms with E-state index in [1.165, 1.54) is 0 Å². The average Bonchev–Trinajstić information content (AvgIpc) is 2.71. The van der Waals surface area contributed by atoms with Crippen molar-refractivity contribution < 1.29 is 9.53 Å². The van der Waals surface area contributed by atoms with Crippen molar-refractivity contribution in [1.82, 2.24) is 24.8 Å². The van der Waals surface area contributed by atoms with E-state index in [0.29, 0.717) is 18.2 Å². The summed E-state index contributed by atoms with van der Waals surface area (Å²) in [5.41, 5.74) is 1.67. The number of hydrogen-bond acceptors (Lipinski definition) is 6. The zero-order valence-corrected chi connectivity index (χ0v) is 17.0. The van der Waals surface area contributed by atoms with Crippen molar-refractivity contribution >= 4 is 5.91 Å². The molecule has 0 spiro atoms. The van der Waals surface area contributed by atoms with E-state index in [1.54, 1.807) is 18.6 Å². The highest BCUT2D eigenvalue weighted by Gasteiger charge is 2.27. The summed E-state index contributed by atoms with van der Waals surface area (Å²) in [4.78, 5) is 29.9. The number of nitrogens with zero attached hydrogens (tertiary/aromatic N) is 5. The van der Waals surface area contributed by atoms with Crippen molar-refractivity contribution in [2.45, 2.75) is 39.5 Å². The molecular weight excluding hydrogens is 354 g/mol. The number of likely N-dealkylation sites (N-methyl/N-ethyl adjacent to an activating group) is 1. The third kappa shape index (κ3) is 4.84. The first kappa shape index (κ1) is 20.2. The molecule has 1 aliphatic heterocycles. The molecule has 2 aromatic heterocycles. The maximum atomic E-state index is 12.5. The Bertz CT molecular complexity index is 794. The van der Waals surface area contributed by atoms with E-state index in [4.69, 9.17) is 4.74 Å². The van der Waals surface area contributed by atoms with Gasteiger partial charge in [-0.25, -0.2) is 4.98 Å². The van der Waals surface area contributed by atoms with Gasteiger partial charge in [0.05, 0.1) is 12.2 Å². The van der Waals surface area contributed by atoms with E-state index >= 15 is 0 Å². The zero-order valence-electron chi connectivity index (χ0n) is 17.0. The van der Waals surface area contributed by atoms with Gasteiger partial charge in [-0.3, -0.25) is 19.7 Å². The molecule has 1 fully saturated rings. The van der Waals surface area contributed by atoms with Crippen molar-refractivity contribution in [2.24, 2.45) is 0 Å². The van der Waals surface area contributed by atoms with Gasteiger partial charge in [0.15, 0.2) is 5.75 Å². The molecule has 0 aliphatic carbocycles. The Balaban J connectivity index is 1.73. The minimum absolute atomic E-state index is 0.187. The van der Waals surface area contributed by atoms with Crippen LogP contribution in [0.4, 0.5) is 0 Å².